The molecule has 0 saturated heterocycles. The van der Waals surface area contributed by atoms with E-state index in [0.29, 0.717) is 0 Å². The Hall–Kier alpha value is 0.784. The molecule has 0 aromatic carbocycles. The van der Waals surface area contributed by atoms with Crippen LogP contribution in [-0.4, -0.2) is 18.4 Å². The van der Waals surface area contributed by atoms with Crippen molar-refractivity contribution in [2.24, 2.45) is 0 Å². The van der Waals surface area contributed by atoms with Gasteiger partial charge in [0, 0.05) is 0 Å². The molecule has 43 valence electrons. The first-order chi connectivity index (χ1) is 3.00. The third kappa shape index (κ3) is 252. The molecule has 0 fully saturated rings. The molecule has 0 unspecified atom stereocenters. The molecule has 0 radical (unpaired) electrons. The maximum atomic E-state index is 8.88. The summed E-state index contributed by atoms with van der Waals surface area (Å²) < 4.78 is 15.9. The van der Waals surface area contributed by atoms with Gasteiger partial charge in [-0.25, -0.2) is 4.57 Å². The van der Waals surface area contributed by atoms with Crippen LogP contribution in [0.3, 0.4) is 0 Å². The van der Waals surface area contributed by atoms with Gasteiger partial charge in [-0.3, -0.25) is 0 Å². The van der Waals surface area contributed by atoms with Crippen LogP contribution in [0.5, 0.6) is 0 Å². The molecule has 0 rings (SSSR count). The molecule has 0 aliphatic carbocycles. The molecule has 0 aliphatic heterocycles. The number of phosphoric acid groups is 1. The van der Waals surface area contributed by atoms with E-state index in [1.54, 1.807) is 0 Å². The standard InChI is InChI=1S/H3O4P.H2O.Ti/c1-5(2,3)4;;/h(H3,1,2,3,4);1H2;/q;;+1/p-1. The summed E-state index contributed by atoms with van der Waals surface area (Å²) in [6.45, 7) is 0. The minimum absolute atomic E-state index is 1.00. The van der Waals surface area contributed by atoms with Gasteiger partial charge in [0.1, 0.15) is 0 Å². The fraction of sp³-hybridized carbons (Fsp3) is 0. The second kappa shape index (κ2) is 4.93. The summed E-state index contributed by atoms with van der Waals surface area (Å²) in [5.74, 6) is 0. The molecule has 0 spiro atoms. The Morgan fingerprint density at radius 3 is 1.14 bits per heavy atom. The van der Waals surface area contributed by atoms with Crippen LogP contribution in [0.1, 0.15) is 0 Å². The molecule has 0 amide bonds. The van der Waals surface area contributed by atoms with Crippen molar-refractivity contribution in [2.75, 3.05) is 0 Å². The number of rotatable bonds is 0. The maximum absolute atomic E-state index is 8.88. The van der Waals surface area contributed by atoms with E-state index in [1.807, 2.05) is 0 Å². The van der Waals surface area contributed by atoms with Crippen LogP contribution in [0.25, 0.3) is 0 Å². The van der Waals surface area contributed by atoms with Crippen LogP contribution in [0.2, 0.25) is 0 Å². The van der Waals surface area contributed by atoms with Crippen LogP contribution < -0.4 is 0 Å². The average Bonchev–Trinajstić information content (AvgIpc) is 1.36. The SMILES string of the molecule is O=P(O)(O)O.[OH][Ti]. The first-order valence-electron chi connectivity index (χ1n) is 1.01. The van der Waals surface area contributed by atoms with Gasteiger partial charge in [0.25, 0.3) is 0 Å². The van der Waals surface area contributed by atoms with Crippen molar-refractivity contribution in [3.05, 3.63) is 0 Å². The molecule has 0 heterocycles. The van der Waals surface area contributed by atoms with Gasteiger partial charge in [-0.2, -0.15) is 0 Å². The van der Waals surface area contributed by atoms with Crippen LogP contribution in [0, 0.1) is 0 Å². The molecule has 0 aliphatic rings. The molecule has 0 saturated carbocycles. The molecule has 7 heteroatoms. The van der Waals surface area contributed by atoms with E-state index in [9.17, 15) is 0 Å². The quantitative estimate of drug-likeness (QED) is 0.257. The van der Waals surface area contributed by atoms with E-state index in [1.165, 1.54) is 0 Å². The Bertz CT molecular complexity index is 54.2. The van der Waals surface area contributed by atoms with Gasteiger partial charge in [-0.1, -0.05) is 0 Å². The molecule has 0 aromatic rings. The zero-order chi connectivity index (χ0) is 6.50. The third-order valence-corrected chi connectivity index (χ3v) is 0. The zero-order valence-electron chi connectivity index (χ0n) is 3.14. The van der Waals surface area contributed by atoms with Crippen molar-refractivity contribution >= 4 is 7.82 Å². The Balaban J connectivity index is 0. The van der Waals surface area contributed by atoms with Crippen molar-refractivity contribution in [2.45, 2.75) is 0 Å². The fourth-order valence-electron chi connectivity index (χ4n) is 0. The average molecular weight is 163 g/mol. The van der Waals surface area contributed by atoms with Crippen molar-refractivity contribution < 1.29 is 43.8 Å². The van der Waals surface area contributed by atoms with Gasteiger partial charge in [-0.15, -0.1) is 0 Å². The Labute approximate surface area is 52.1 Å². The van der Waals surface area contributed by atoms with Gasteiger partial charge in [0.05, 0.1) is 0 Å². The Morgan fingerprint density at radius 2 is 1.14 bits per heavy atom. The molecule has 0 aromatic heterocycles. The van der Waals surface area contributed by atoms with E-state index in [2.05, 4.69) is 0 Å². The van der Waals surface area contributed by atoms with Crippen LogP contribution in [0.15, 0.2) is 0 Å². The molecular weight excluding hydrogens is 159 g/mol. The summed E-state index contributed by atoms with van der Waals surface area (Å²) in [6.07, 6.45) is 0. The normalized spacial score (nSPS) is 9.00. The number of hydrogen-bond donors (Lipinski definition) is 4. The Morgan fingerprint density at radius 1 is 1.14 bits per heavy atom. The summed E-state index contributed by atoms with van der Waals surface area (Å²) >= 11 is 1.00. The predicted octanol–water partition coefficient (Wildman–Crippen LogP) is -1.49. The van der Waals surface area contributed by atoms with Crippen LogP contribution >= 0.6 is 7.82 Å². The van der Waals surface area contributed by atoms with Gasteiger partial charge in [0.15, 0.2) is 0 Å². The fourth-order valence-corrected chi connectivity index (χ4v) is 0. The summed E-state index contributed by atoms with van der Waals surface area (Å²) in [4.78, 5) is 21.6. The molecular formula is H4O5PTi. The van der Waals surface area contributed by atoms with E-state index >= 15 is 0 Å². The van der Waals surface area contributed by atoms with E-state index in [-0.39, 0.29) is 0 Å². The molecule has 7 heavy (non-hydrogen) atoms. The van der Waals surface area contributed by atoms with Gasteiger partial charge >= 0.3 is 32.3 Å². The van der Waals surface area contributed by atoms with Gasteiger partial charge < -0.3 is 14.7 Å². The van der Waals surface area contributed by atoms with Crippen molar-refractivity contribution in [3.63, 3.8) is 0 Å². The van der Waals surface area contributed by atoms with Crippen molar-refractivity contribution in [1.82, 2.24) is 0 Å². The van der Waals surface area contributed by atoms with Gasteiger partial charge in [-0.05, 0) is 0 Å². The summed E-state index contributed by atoms with van der Waals surface area (Å²) in [6, 6.07) is 0. The van der Waals surface area contributed by atoms with Crippen molar-refractivity contribution in [1.29, 1.82) is 0 Å². The van der Waals surface area contributed by atoms with Crippen molar-refractivity contribution in [3.8, 4) is 0 Å². The molecule has 4 N–H and O–H groups in total. The monoisotopic (exact) mass is 163 g/mol. The summed E-state index contributed by atoms with van der Waals surface area (Å²) in [5.41, 5.74) is 0. The summed E-state index contributed by atoms with van der Waals surface area (Å²) in [5, 5.41) is 0. The first kappa shape index (κ1) is 10.7. The molecule has 0 bridgehead atoms. The predicted molar refractivity (Wildman–Crippen MR) is 16.5 cm³/mol. The van der Waals surface area contributed by atoms with E-state index in [0.717, 1.165) is 20.8 Å². The van der Waals surface area contributed by atoms with Crippen LogP contribution in [0.4, 0.5) is 0 Å². The number of hydrogen-bond acceptors (Lipinski definition) is 2. The molecule has 5 nitrogen and oxygen atoms in total. The van der Waals surface area contributed by atoms with Gasteiger partial charge in [0.2, 0.25) is 0 Å². The van der Waals surface area contributed by atoms with E-state index in [4.69, 9.17) is 22.9 Å². The minimum atomic E-state index is -4.64. The van der Waals surface area contributed by atoms with Crippen LogP contribution in [-0.2, 0) is 25.4 Å². The zero-order valence-corrected chi connectivity index (χ0v) is 5.60. The Kier molecular flexibility index (Phi) is 7.54. The molecule has 0 atom stereocenters. The topological polar surface area (TPSA) is 98.0 Å². The second-order valence-electron chi connectivity index (χ2n) is 0.513. The third-order valence-electron chi connectivity index (χ3n) is 0. The van der Waals surface area contributed by atoms with E-state index < -0.39 is 7.82 Å². The first-order valence-corrected chi connectivity index (χ1v) is 3.27. The summed E-state index contributed by atoms with van der Waals surface area (Å²) in [7, 11) is -4.64. The second-order valence-corrected chi connectivity index (χ2v) is 1.54.